The normalized spacial score (nSPS) is 14.4. The van der Waals surface area contributed by atoms with Crippen LogP contribution in [-0.2, 0) is 17.8 Å². The van der Waals surface area contributed by atoms with E-state index in [9.17, 15) is 4.79 Å². The third kappa shape index (κ3) is 3.73. The lowest BCUT2D eigenvalue weighted by Crippen LogP contribution is -2.40. The van der Waals surface area contributed by atoms with E-state index < -0.39 is 0 Å². The molecule has 4 rings (SSSR count). The van der Waals surface area contributed by atoms with Gasteiger partial charge in [0.1, 0.15) is 5.75 Å². The number of aromatic nitrogens is 4. The molecule has 8 heteroatoms. The van der Waals surface area contributed by atoms with Gasteiger partial charge in [-0.15, -0.1) is 5.10 Å². The molecule has 0 saturated carbocycles. The van der Waals surface area contributed by atoms with Gasteiger partial charge in [-0.05, 0) is 59.2 Å². The summed E-state index contributed by atoms with van der Waals surface area (Å²) in [5.74, 6) is 0.865. The summed E-state index contributed by atoms with van der Waals surface area (Å²) in [6.07, 6.45) is 0.892. The molecule has 1 amide bonds. The highest BCUT2D eigenvalue weighted by molar-refractivity contribution is 8.00. The van der Waals surface area contributed by atoms with Crippen LogP contribution >= 0.6 is 11.8 Å². The molecule has 0 unspecified atom stereocenters. The second-order valence-corrected chi connectivity index (χ2v) is 7.92. The van der Waals surface area contributed by atoms with Crippen LogP contribution in [0.15, 0.2) is 53.7 Å². The van der Waals surface area contributed by atoms with Crippen molar-refractivity contribution in [2.24, 2.45) is 0 Å². The van der Waals surface area contributed by atoms with E-state index in [0.717, 1.165) is 24.4 Å². The molecule has 2 heterocycles. The van der Waals surface area contributed by atoms with E-state index in [1.165, 1.54) is 22.9 Å². The smallest absolute Gasteiger partial charge is 0.236 e. The summed E-state index contributed by atoms with van der Waals surface area (Å²) in [5.41, 5.74) is 3.37. The van der Waals surface area contributed by atoms with E-state index in [1.54, 1.807) is 11.8 Å². The first-order valence-corrected chi connectivity index (χ1v) is 9.98. The topological polar surface area (TPSA) is 73.1 Å². The molecule has 1 atom stereocenters. The highest BCUT2D eigenvalue weighted by Crippen LogP contribution is 2.27. The molecule has 0 saturated heterocycles. The van der Waals surface area contributed by atoms with E-state index in [2.05, 4.69) is 27.7 Å². The molecule has 0 radical (unpaired) electrons. The van der Waals surface area contributed by atoms with Crippen molar-refractivity contribution in [1.29, 1.82) is 0 Å². The highest BCUT2D eigenvalue weighted by Gasteiger charge is 2.26. The number of carbonyl (C=O) groups is 1. The summed E-state index contributed by atoms with van der Waals surface area (Å²) in [6, 6.07) is 15.8. The Kier molecular flexibility index (Phi) is 5.29. The molecular weight excluding hydrogens is 374 g/mol. The first kappa shape index (κ1) is 18.5. The molecule has 28 heavy (non-hydrogen) atoms. The first-order chi connectivity index (χ1) is 13.7. The molecule has 144 valence electrons. The van der Waals surface area contributed by atoms with Gasteiger partial charge in [-0.3, -0.25) is 4.79 Å². The molecule has 2 aromatic carbocycles. The number of hydrogen-bond donors (Lipinski definition) is 0. The quantitative estimate of drug-likeness (QED) is 0.619. The van der Waals surface area contributed by atoms with Crippen molar-refractivity contribution in [2.45, 2.75) is 30.3 Å². The zero-order chi connectivity index (χ0) is 19.5. The van der Waals surface area contributed by atoms with Crippen molar-refractivity contribution in [1.82, 2.24) is 25.1 Å². The van der Waals surface area contributed by atoms with E-state index in [4.69, 9.17) is 4.74 Å². The molecule has 0 N–H and O–H groups in total. The fourth-order valence-corrected chi connectivity index (χ4v) is 4.18. The predicted molar refractivity (Wildman–Crippen MR) is 107 cm³/mol. The fourth-order valence-electron chi connectivity index (χ4n) is 3.29. The molecule has 1 aromatic heterocycles. The van der Waals surface area contributed by atoms with Gasteiger partial charge in [0.2, 0.25) is 11.1 Å². The van der Waals surface area contributed by atoms with Crippen LogP contribution < -0.4 is 4.74 Å². The Labute approximate surface area is 167 Å². The zero-order valence-corrected chi connectivity index (χ0v) is 16.6. The zero-order valence-electron chi connectivity index (χ0n) is 15.8. The van der Waals surface area contributed by atoms with Gasteiger partial charge in [-0.2, -0.15) is 4.68 Å². The molecule has 3 aromatic rings. The maximum absolute atomic E-state index is 13.0. The van der Waals surface area contributed by atoms with Crippen molar-refractivity contribution in [3.63, 3.8) is 0 Å². The number of fused-ring (bicyclic) bond motifs is 1. The number of hydrogen-bond acceptors (Lipinski definition) is 6. The van der Waals surface area contributed by atoms with E-state index in [1.807, 2.05) is 48.2 Å². The van der Waals surface area contributed by atoms with Crippen LogP contribution in [0.2, 0.25) is 0 Å². The standard InChI is InChI=1S/C20H21N5O2S/c1-14(19(26)24-12-11-15-5-3-4-6-16(15)13-24)28-20-21-22-23-25(20)17-7-9-18(27-2)10-8-17/h3-10,14H,11-13H2,1-2H3/t14-/m1/s1. The molecule has 1 aliphatic heterocycles. The Morgan fingerprint density at radius 1 is 1.14 bits per heavy atom. The monoisotopic (exact) mass is 395 g/mol. The number of ether oxygens (including phenoxy) is 1. The number of benzene rings is 2. The summed E-state index contributed by atoms with van der Waals surface area (Å²) in [5, 5.41) is 12.3. The lowest BCUT2D eigenvalue weighted by Gasteiger charge is -2.30. The summed E-state index contributed by atoms with van der Waals surface area (Å²) in [7, 11) is 1.62. The minimum Gasteiger partial charge on any atom is -0.497 e. The first-order valence-electron chi connectivity index (χ1n) is 9.11. The van der Waals surface area contributed by atoms with Crippen molar-refractivity contribution in [3.8, 4) is 11.4 Å². The van der Waals surface area contributed by atoms with Crippen LogP contribution in [0.1, 0.15) is 18.1 Å². The minimum atomic E-state index is -0.284. The van der Waals surface area contributed by atoms with Crippen molar-refractivity contribution < 1.29 is 9.53 Å². The number of amides is 1. The summed E-state index contributed by atoms with van der Waals surface area (Å²) in [4.78, 5) is 14.9. The van der Waals surface area contributed by atoms with Gasteiger partial charge in [0.15, 0.2) is 0 Å². The largest absolute Gasteiger partial charge is 0.497 e. The van der Waals surface area contributed by atoms with Gasteiger partial charge < -0.3 is 9.64 Å². The maximum atomic E-state index is 13.0. The second-order valence-electron chi connectivity index (χ2n) is 6.61. The van der Waals surface area contributed by atoms with E-state index >= 15 is 0 Å². The van der Waals surface area contributed by atoms with Gasteiger partial charge in [0, 0.05) is 13.1 Å². The maximum Gasteiger partial charge on any atom is 0.236 e. The molecule has 7 nitrogen and oxygen atoms in total. The lowest BCUT2D eigenvalue weighted by atomic mass is 10.00. The molecule has 1 aliphatic rings. The third-order valence-corrected chi connectivity index (χ3v) is 5.85. The fraction of sp³-hybridized carbons (Fsp3) is 0.300. The van der Waals surface area contributed by atoms with Gasteiger partial charge in [0.05, 0.1) is 18.0 Å². The number of tetrazole rings is 1. The minimum absolute atomic E-state index is 0.101. The Bertz CT molecular complexity index is 973. The summed E-state index contributed by atoms with van der Waals surface area (Å²) < 4.78 is 6.83. The van der Waals surface area contributed by atoms with Crippen molar-refractivity contribution in [3.05, 3.63) is 59.7 Å². The van der Waals surface area contributed by atoms with E-state index in [0.29, 0.717) is 11.7 Å². The number of thioether (sulfide) groups is 1. The van der Waals surface area contributed by atoms with Gasteiger partial charge in [-0.25, -0.2) is 0 Å². The number of methoxy groups -OCH3 is 1. The number of carbonyl (C=O) groups excluding carboxylic acids is 1. The lowest BCUT2D eigenvalue weighted by molar-refractivity contribution is -0.131. The van der Waals surface area contributed by atoms with Crippen molar-refractivity contribution >= 4 is 17.7 Å². The Hall–Kier alpha value is -2.87. The Morgan fingerprint density at radius 2 is 1.89 bits per heavy atom. The SMILES string of the molecule is COc1ccc(-n2nnnc2S[C@H](C)C(=O)N2CCc3ccccc3C2)cc1. The summed E-state index contributed by atoms with van der Waals surface area (Å²) >= 11 is 1.37. The summed E-state index contributed by atoms with van der Waals surface area (Å²) in [6.45, 7) is 3.30. The number of nitrogens with zero attached hydrogens (tertiary/aromatic N) is 5. The molecule has 0 fully saturated rings. The third-order valence-electron chi connectivity index (χ3n) is 4.83. The Balaban J connectivity index is 1.46. The van der Waals surface area contributed by atoms with Crippen molar-refractivity contribution in [2.75, 3.05) is 13.7 Å². The highest BCUT2D eigenvalue weighted by atomic mass is 32.2. The molecule has 0 bridgehead atoms. The average molecular weight is 395 g/mol. The van der Waals surface area contributed by atoms with Gasteiger partial charge >= 0.3 is 0 Å². The van der Waals surface area contributed by atoms with Gasteiger partial charge in [-0.1, -0.05) is 36.0 Å². The van der Waals surface area contributed by atoms with Crippen LogP contribution in [0.4, 0.5) is 0 Å². The number of rotatable bonds is 5. The van der Waals surface area contributed by atoms with E-state index in [-0.39, 0.29) is 11.2 Å². The van der Waals surface area contributed by atoms with Crippen LogP contribution in [0, 0.1) is 0 Å². The van der Waals surface area contributed by atoms with Crippen LogP contribution in [0.25, 0.3) is 5.69 Å². The second kappa shape index (κ2) is 8.02. The average Bonchev–Trinajstić information content (AvgIpc) is 3.21. The molecule has 0 aliphatic carbocycles. The van der Waals surface area contributed by atoms with Crippen LogP contribution in [-0.4, -0.2) is 49.9 Å². The van der Waals surface area contributed by atoms with Gasteiger partial charge in [0.25, 0.3) is 0 Å². The Morgan fingerprint density at radius 3 is 2.64 bits per heavy atom. The van der Waals surface area contributed by atoms with Crippen LogP contribution in [0.5, 0.6) is 5.75 Å². The van der Waals surface area contributed by atoms with Crippen LogP contribution in [0.3, 0.4) is 0 Å². The predicted octanol–water partition coefficient (Wildman–Crippen LogP) is 2.74. The molecular formula is C20H21N5O2S. The molecule has 0 spiro atoms.